The van der Waals surface area contributed by atoms with Crippen molar-refractivity contribution in [3.8, 4) is 0 Å². The number of carbonyl (C=O) groups is 1. The zero-order valence-electron chi connectivity index (χ0n) is 8.57. The summed E-state index contributed by atoms with van der Waals surface area (Å²) in [5.41, 5.74) is 0.794. The topological polar surface area (TPSA) is 42.9 Å². The molecule has 0 radical (unpaired) electrons. The summed E-state index contributed by atoms with van der Waals surface area (Å²) in [6, 6.07) is 3.47. The van der Waals surface area contributed by atoms with Crippen molar-refractivity contribution in [3.05, 3.63) is 31.9 Å². The Kier molecular flexibility index (Phi) is 3.68. The van der Waals surface area contributed by atoms with Crippen LogP contribution in [0.2, 0.25) is 4.34 Å². The van der Waals surface area contributed by atoms with E-state index in [-0.39, 0.29) is 5.78 Å². The first-order valence-electron chi connectivity index (χ1n) is 4.83. The van der Waals surface area contributed by atoms with Crippen LogP contribution < -0.4 is 0 Å². The molecule has 2 rings (SSSR count). The molecule has 0 unspecified atom stereocenters. The molecule has 0 aliphatic rings. The number of hydrogen-bond acceptors (Lipinski definition) is 5. The molecule has 3 nitrogen and oxygen atoms in total. The summed E-state index contributed by atoms with van der Waals surface area (Å²) < 4.78 is 4.46. The standard InChI is InChI=1S/C10H9ClN2OS2/c1-2-3-6-10(16-13-12-6)9(14)7-4-5-8(11)15-7/h4-5H,2-3H2,1H3. The fourth-order valence-electron chi connectivity index (χ4n) is 1.33. The average Bonchev–Trinajstić information content (AvgIpc) is 2.87. The second-order valence-electron chi connectivity index (χ2n) is 3.23. The number of ketones is 1. The molecule has 0 bridgehead atoms. The van der Waals surface area contributed by atoms with Crippen molar-refractivity contribution in [2.75, 3.05) is 0 Å². The number of nitrogens with zero attached hydrogens (tertiary/aromatic N) is 2. The zero-order chi connectivity index (χ0) is 11.5. The van der Waals surface area contributed by atoms with Gasteiger partial charge in [0, 0.05) is 0 Å². The molecule has 0 saturated heterocycles. The predicted molar refractivity (Wildman–Crippen MR) is 66.7 cm³/mol. The number of halogens is 1. The van der Waals surface area contributed by atoms with Crippen molar-refractivity contribution < 1.29 is 4.79 Å². The lowest BCUT2D eigenvalue weighted by atomic mass is 10.2. The van der Waals surface area contributed by atoms with E-state index in [1.54, 1.807) is 12.1 Å². The van der Waals surface area contributed by atoms with E-state index in [0.29, 0.717) is 14.1 Å². The molecule has 0 fully saturated rings. The van der Waals surface area contributed by atoms with Crippen LogP contribution in [0.4, 0.5) is 0 Å². The number of rotatable bonds is 4. The molecule has 0 saturated carbocycles. The van der Waals surface area contributed by atoms with Crippen LogP contribution in [0.15, 0.2) is 12.1 Å². The Morgan fingerprint density at radius 2 is 2.31 bits per heavy atom. The molecule has 0 amide bonds. The second-order valence-corrected chi connectivity index (χ2v) is 5.70. The molecule has 2 aromatic rings. The number of aromatic nitrogens is 2. The molecule has 6 heteroatoms. The molecule has 0 aliphatic carbocycles. The molecule has 0 spiro atoms. The number of thiophene rings is 1. The van der Waals surface area contributed by atoms with Crippen LogP contribution >= 0.6 is 34.5 Å². The Labute approximate surface area is 106 Å². The van der Waals surface area contributed by atoms with Gasteiger partial charge in [0.15, 0.2) is 0 Å². The van der Waals surface area contributed by atoms with Gasteiger partial charge in [-0.15, -0.1) is 16.4 Å². The summed E-state index contributed by atoms with van der Waals surface area (Å²) in [6.45, 7) is 2.05. The highest BCUT2D eigenvalue weighted by atomic mass is 35.5. The van der Waals surface area contributed by atoms with Crippen molar-refractivity contribution in [1.29, 1.82) is 0 Å². The van der Waals surface area contributed by atoms with Crippen LogP contribution in [-0.4, -0.2) is 15.4 Å². The van der Waals surface area contributed by atoms with Gasteiger partial charge in [-0.2, -0.15) is 0 Å². The first-order chi connectivity index (χ1) is 7.72. The maximum atomic E-state index is 12.1. The van der Waals surface area contributed by atoms with E-state index in [4.69, 9.17) is 11.6 Å². The van der Waals surface area contributed by atoms with Gasteiger partial charge in [-0.3, -0.25) is 4.79 Å². The van der Waals surface area contributed by atoms with Gasteiger partial charge in [0.25, 0.3) is 0 Å². The third kappa shape index (κ3) is 2.31. The van der Waals surface area contributed by atoms with Crippen LogP contribution in [0, 0.1) is 0 Å². The summed E-state index contributed by atoms with van der Waals surface area (Å²) in [4.78, 5) is 13.4. The Morgan fingerprint density at radius 1 is 1.50 bits per heavy atom. The quantitative estimate of drug-likeness (QED) is 0.801. The van der Waals surface area contributed by atoms with Gasteiger partial charge in [-0.05, 0) is 30.1 Å². The van der Waals surface area contributed by atoms with Crippen molar-refractivity contribution in [1.82, 2.24) is 9.59 Å². The predicted octanol–water partition coefficient (Wildman–Crippen LogP) is 3.44. The van der Waals surface area contributed by atoms with E-state index in [0.717, 1.165) is 30.1 Å². The molecule has 0 aliphatic heterocycles. The largest absolute Gasteiger partial charge is 0.287 e. The van der Waals surface area contributed by atoms with Crippen molar-refractivity contribution in [3.63, 3.8) is 0 Å². The van der Waals surface area contributed by atoms with Gasteiger partial charge < -0.3 is 0 Å². The highest BCUT2D eigenvalue weighted by molar-refractivity contribution is 7.19. The first kappa shape index (κ1) is 11.7. The molecule has 16 heavy (non-hydrogen) atoms. The molecule has 2 aromatic heterocycles. The normalized spacial score (nSPS) is 10.6. The van der Waals surface area contributed by atoms with Gasteiger partial charge in [0.1, 0.15) is 4.88 Å². The minimum Gasteiger partial charge on any atom is -0.287 e. The van der Waals surface area contributed by atoms with E-state index in [1.165, 1.54) is 11.3 Å². The van der Waals surface area contributed by atoms with Crippen LogP contribution in [-0.2, 0) is 6.42 Å². The van der Waals surface area contributed by atoms with E-state index in [1.807, 2.05) is 0 Å². The molecule has 0 atom stereocenters. The molecular weight excluding hydrogens is 264 g/mol. The minimum atomic E-state index is -0.0182. The number of hydrogen-bond donors (Lipinski definition) is 0. The van der Waals surface area contributed by atoms with Crippen LogP contribution in [0.5, 0.6) is 0 Å². The summed E-state index contributed by atoms with van der Waals surface area (Å²) in [5.74, 6) is -0.0182. The first-order valence-corrected chi connectivity index (χ1v) is 6.80. The maximum Gasteiger partial charge on any atom is 0.216 e. The minimum absolute atomic E-state index is 0.0182. The van der Waals surface area contributed by atoms with Gasteiger partial charge in [0.2, 0.25) is 5.78 Å². The Balaban J connectivity index is 2.30. The lowest BCUT2D eigenvalue weighted by Crippen LogP contribution is -2.00. The molecule has 0 aromatic carbocycles. The molecule has 0 N–H and O–H groups in total. The summed E-state index contributed by atoms with van der Waals surface area (Å²) >= 11 is 8.25. The Bertz CT molecular complexity index is 506. The number of aryl methyl sites for hydroxylation is 1. The molecule has 84 valence electrons. The average molecular weight is 273 g/mol. The van der Waals surface area contributed by atoms with E-state index < -0.39 is 0 Å². The zero-order valence-corrected chi connectivity index (χ0v) is 11.0. The van der Waals surface area contributed by atoms with E-state index in [2.05, 4.69) is 16.5 Å². The van der Waals surface area contributed by atoms with Gasteiger partial charge in [0.05, 0.1) is 14.9 Å². The highest BCUT2D eigenvalue weighted by Crippen LogP contribution is 2.26. The Morgan fingerprint density at radius 3 is 2.94 bits per heavy atom. The number of carbonyl (C=O) groups excluding carboxylic acids is 1. The SMILES string of the molecule is CCCc1nnsc1C(=O)c1ccc(Cl)s1. The summed E-state index contributed by atoms with van der Waals surface area (Å²) in [7, 11) is 0. The second kappa shape index (κ2) is 5.03. The van der Waals surface area contributed by atoms with E-state index >= 15 is 0 Å². The van der Waals surface area contributed by atoms with Crippen molar-refractivity contribution >= 4 is 40.3 Å². The lowest BCUT2D eigenvalue weighted by molar-refractivity contribution is 0.104. The molecule has 2 heterocycles. The van der Waals surface area contributed by atoms with Crippen molar-refractivity contribution in [2.45, 2.75) is 19.8 Å². The maximum absolute atomic E-state index is 12.1. The summed E-state index contributed by atoms with van der Waals surface area (Å²) in [5, 5.41) is 3.98. The van der Waals surface area contributed by atoms with Crippen LogP contribution in [0.3, 0.4) is 0 Å². The third-order valence-electron chi connectivity index (χ3n) is 2.05. The Hall–Kier alpha value is -0.780. The monoisotopic (exact) mass is 272 g/mol. The van der Waals surface area contributed by atoms with Gasteiger partial charge in [-0.25, -0.2) is 0 Å². The molecular formula is C10H9ClN2OS2. The van der Waals surface area contributed by atoms with Gasteiger partial charge in [-0.1, -0.05) is 29.4 Å². The van der Waals surface area contributed by atoms with Crippen LogP contribution in [0.1, 0.15) is 33.6 Å². The van der Waals surface area contributed by atoms with Gasteiger partial charge >= 0.3 is 0 Å². The fourth-order valence-corrected chi connectivity index (χ4v) is 3.05. The van der Waals surface area contributed by atoms with E-state index in [9.17, 15) is 4.79 Å². The van der Waals surface area contributed by atoms with Crippen LogP contribution in [0.25, 0.3) is 0 Å². The highest BCUT2D eigenvalue weighted by Gasteiger charge is 2.18. The van der Waals surface area contributed by atoms with Crippen molar-refractivity contribution in [2.24, 2.45) is 0 Å². The fraction of sp³-hybridized carbons (Fsp3) is 0.300. The lowest BCUT2D eigenvalue weighted by Gasteiger charge is -1.96. The third-order valence-corrected chi connectivity index (χ3v) is 4.04. The summed E-state index contributed by atoms with van der Waals surface area (Å²) in [6.07, 6.45) is 1.74. The smallest absolute Gasteiger partial charge is 0.216 e.